The van der Waals surface area contributed by atoms with Gasteiger partial charge in [-0.1, -0.05) is 11.6 Å². The van der Waals surface area contributed by atoms with Gasteiger partial charge in [0.25, 0.3) is 5.91 Å². The van der Waals surface area contributed by atoms with Crippen LogP contribution in [-0.2, 0) is 14.6 Å². The molecular formula is C13H14ClNO5S. The molecule has 1 N–H and O–H groups in total. The Kier molecular flexibility index (Phi) is 4.25. The first-order valence-electron chi connectivity index (χ1n) is 6.19. The molecule has 0 saturated carbocycles. The van der Waals surface area contributed by atoms with E-state index in [4.69, 9.17) is 16.7 Å². The zero-order chi connectivity index (χ0) is 15.8. The fourth-order valence-electron chi connectivity index (χ4n) is 2.21. The number of carbonyl (C=O) groups excluding carboxylic acids is 1. The Balaban J connectivity index is 2.13. The number of carbonyl (C=O) groups is 2. The first kappa shape index (κ1) is 15.8. The minimum Gasteiger partial charge on any atom is -0.481 e. The van der Waals surface area contributed by atoms with E-state index in [1.165, 1.54) is 23.1 Å². The maximum absolute atomic E-state index is 12.2. The van der Waals surface area contributed by atoms with E-state index in [1.807, 2.05) is 0 Å². The van der Waals surface area contributed by atoms with Crippen molar-refractivity contribution in [3.8, 4) is 0 Å². The number of sulfone groups is 1. The maximum Gasteiger partial charge on any atom is 0.303 e. The van der Waals surface area contributed by atoms with E-state index in [9.17, 15) is 18.0 Å². The number of amides is 1. The van der Waals surface area contributed by atoms with Gasteiger partial charge in [0.05, 0.1) is 16.3 Å². The van der Waals surface area contributed by atoms with Gasteiger partial charge < -0.3 is 10.0 Å². The average Bonchev–Trinajstić information content (AvgIpc) is 2.31. The fraction of sp³-hybridized carbons (Fsp3) is 0.385. The molecule has 1 heterocycles. The number of carboxylic acid groups (broad SMARTS) is 1. The van der Waals surface area contributed by atoms with Crippen molar-refractivity contribution >= 4 is 33.3 Å². The summed E-state index contributed by atoms with van der Waals surface area (Å²) in [7, 11) is -3.51. The summed E-state index contributed by atoms with van der Waals surface area (Å²) in [5, 5.41) is 8.73. The van der Waals surface area contributed by atoms with Crippen molar-refractivity contribution in [3.63, 3.8) is 0 Å². The molecular weight excluding hydrogens is 318 g/mol. The van der Waals surface area contributed by atoms with Crippen LogP contribution in [0.2, 0.25) is 5.02 Å². The lowest BCUT2D eigenvalue weighted by atomic mass is 9.95. The van der Waals surface area contributed by atoms with Crippen LogP contribution in [0, 0.1) is 5.92 Å². The normalized spacial score (nSPS) is 15.6. The highest BCUT2D eigenvalue weighted by molar-refractivity contribution is 7.90. The van der Waals surface area contributed by atoms with Crippen molar-refractivity contribution in [1.82, 2.24) is 4.90 Å². The first-order valence-corrected chi connectivity index (χ1v) is 8.46. The summed E-state index contributed by atoms with van der Waals surface area (Å²) in [5.74, 6) is -1.26. The van der Waals surface area contributed by atoms with Gasteiger partial charge in [0.15, 0.2) is 9.84 Å². The van der Waals surface area contributed by atoms with Crippen molar-refractivity contribution in [3.05, 3.63) is 28.8 Å². The Labute approximate surface area is 127 Å². The lowest BCUT2D eigenvalue weighted by Gasteiger charge is -2.38. The number of aliphatic carboxylic acids is 1. The standard InChI is InChI=1S/C13H14ClNO5S/c1-21(19,20)11-5-9(2-3-10(11)14)13(18)15-6-8(7-15)4-12(16)17/h2-3,5,8H,4,6-7H2,1H3,(H,16,17). The van der Waals surface area contributed by atoms with Crippen molar-refractivity contribution in [2.45, 2.75) is 11.3 Å². The van der Waals surface area contributed by atoms with Crippen LogP contribution in [0.1, 0.15) is 16.8 Å². The van der Waals surface area contributed by atoms with E-state index in [2.05, 4.69) is 0 Å². The molecule has 1 fully saturated rings. The van der Waals surface area contributed by atoms with E-state index in [0.717, 1.165) is 6.26 Å². The number of hydrogen-bond acceptors (Lipinski definition) is 4. The van der Waals surface area contributed by atoms with Gasteiger partial charge >= 0.3 is 5.97 Å². The third-order valence-corrected chi connectivity index (χ3v) is 4.86. The summed E-state index contributed by atoms with van der Waals surface area (Å²) < 4.78 is 23.2. The molecule has 0 radical (unpaired) electrons. The number of likely N-dealkylation sites (tertiary alicyclic amines) is 1. The summed E-state index contributed by atoms with van der Waals surface area (Å²) >= 11 is 5.82. The van der Waals surface area contributed by atoms with Gasteiger partial charge in [-0.2, -0.15) is 0 Å². The fourth-order valence-corrected chi connectivity index (χ4v) is 3.52. The summed E-state index contributed by atoms with van der Waals surface area (Å²) in [6.07, 6.45) is 1.05. The van der Waals surface area contributed by atoms with E-state index < -0.39 is 15.8 Å². The molecule has 114 valence electrons. The number of rotatable bonds is 4. The maximum atomic E-state index is 12.2. The summed E-state index contributed by atoms with van der Waals surface area (Å²) in [5.41, 5.74) is 0.230. The van der Waals surface area contributed by atoms with Crippen LogP contribution in [0.3, 0.4) is 0 Å². The first-order chi connectivity index (χ1) is 9.68. The van der Waals surface area contributed by atoms with Crippen LogP contribution >= 0.6 is 11.6 Å². The topological polar surface area (TPSA) is 91.8 Å². The van der Waals surface area contributed by atoms with Crippen LogP contribution in [-0.4, -0.2) is 49.6 Å². The summed E-state index contributed by atoms with van der Waals surface area (Å²) in [6.45, 7) is 0.726. The van der Waals surface area contributed by atoms with Crippen LogP contribution in [0.25, 0.3) is 0 Å². The highest BCUT2D eigenvalue weighted by Gasteiger charge is 2.32. The van der Waals surface area contributed by atoms with Crippen molar-refractivity contribution in [2.75, 3.05) is 19.3 Å². The van der Waals surface area contributed by atoms with E-state index in [-0.39, 0.29) is 33.7 Å². The summed E-state index contributed by atoms with van der Waals surface area (Å²) in [4.78, 5) is 24.1. The molecule has 0 aliphatic carbocycles. The molecule has 0 aromatic heterocycles. The van der Waals surface area contributed by atoms with E-state index >= 15 is 0 Å². The largest absolute Gasteiger partial charge is 0.481 e. The second-order valence-electron chi connectivity index (χ2n) is 5.09. The molecule has 8 heteroatoms. The van der Waals surface area contributed by atoms with Gasteiger partial charge in [0, 0.05) is 30.8 Å². The van der Waals surface area contributed by atoms with Crippen LogP contribution in [0.5, 0.6) is 0 Å². The monoisotopic (exact) mass is 331 g/mol. The smallest absolute Gasteiger partial charge is 0.303 e. The Morgan fingerprint density at radius 2 is 2.00 bits per heavy atom. The Morgan fingerprint density at radius 1 is 1.38 bits per heavy atom. The second-order valence-corrected chi connectivity index (χ2v) is 7.48. The molecule has 0 bridgehead atoms. The van der Waals surface area contributed by atoms with Crippen molar-refractivity contribution in [1.29, 1.82) is 0 Å². The van der Waals surface area contributed by atoms with E-state index in [0.29, 0.717) is 13.1 Å². The number of nitrogens with zero attached hydrogens (tertiary/aromatic N) is 1. The third-order valence-electron chi connectivity index (χ3n) is 3.29. The van der Waals surface area contributed by atoms with Gasteiger partial charge in [0.1, 0.15) is 0 Å². The molecule has 0 atom stereocenters. The Hall–Kier alpha value is -1.60. The minimum atomic E-state index is -3.51. The Bertz CT molecular complexity index is 695. The van der Waals surface area contributed by atoms with E-state index in [1.54, 1.807) is 0 Å². The molecule has 1 saturated heterocycles. The molecule has 6 nitrogen and oxygen atoms in total. The second kappa shape index (κ2) is 5.65. The SMILES string of the molecule is CS(=O)(=O)c1cc(C(=O)N2CC(CC(=O)O)C2)ccc1Cl. The highest BCUT2D eigenvalue weighted by atomic mass is 35.5. The quantitative estimate of drug-likeness (QED) is 0.897. The summed E-state index contributed by atoms with van der Waals surface area (Å²) in [6, 6.07) is 4.09. The van der Waals surface area contributed by atoms with Crippen molar-refractivity contribution in [2.24, 2.45) is 5.92 Å². The lowest BCUT2D eigenvalue weighted by molar-refractivity contribution is -0.139. The molecule has 0 spiro atoms. The predicted octanol–water partition coefficient (Wildman–Crippen LogP) is 1.29. The molecule has 0 unspecified atom stereocenters. The van der Waals surface area contributed by atoms with Gasteiger partial charge in [-0.05, 0) is 18.2 Å². The molecule has 1 aromatic carbocycles. The molecule has 1 amide bonds. The molecule has 1 aliphatic heterocycles. The third kappa shape index (κ3) is 3.54. The zero-order valence-corrected chi connectivity index (χ0v) is 12.8. The highest BCUT2D eigenvalue weighted by Crippen LogP contribution is 2.26. The van der Waals surface area contributed by atoms with Crippen LogP contribution in [0.4, 0.5) is 0 Å². The molecule has 2 rings (SSSR count). The van der Waals surface area contributed by atoms with Crippen molar-refractivity contribution < 1.29 is 23.1 Å². The van der Waals surface area contributed by atoms with Gasteiger partial charge in [-0.3, -0.25) is 9.59 Å². The van der Waals surface area contributed by atoms with Gasteiger partial charge in [-0.25, -0.2) is 8.42 Å². The number of benzene rings is 1. The predicted molar refractivity (Wildman–Crippen MR) is 76.2 cm³/mol. The molecule has 1 aliphatic rings. The van der Waals surface area contributed by atoms with Gasteiger partial charge in [0.2, 0.25) is 0 Å². The number of hydrogen-bond donors (Lipinski definition) is 1. The Morgan fingerprint density at radius 3 is 2.52 bits per heavy atom. The zero-order valence-electron chi connectivity index (χ0n) is 11.2. The molecule has 1 aromatic rings. The molecule has 21 heavy (non-hydrogen) atoms. The van der Waals surface area contributed by atoms with Crippen LogP contribution < -0.4 is 0 Å². The van der Waals surface area contributed by atoms with Crippen LogP contribution in [0.15, 0.2) is 23.1 Å². The lowest BCUT2D eigenvalue weighted by Crippen LogP contribution is -2.50. The minimum absolute atomic E-state index is 0.0268. The average molecular weight is 332 g/mol. The number of carboxylic acids is 1. The van der Waals surface area contributed by atoms with Gasteiger partial charge in [-0.15, -0.1) is 0 Å². The number of halogens is 1.